The Morgan fingerprint density at radius 3 is 1.27 bits per heavy atom. The molecule has 0 atom stereocenters. The molecule has 8 nitrogen and oxygen atoms in total. The van der Waals surface area contributed by atoms with E-state index in [4.69, 9.17) is 49.5 Å². The highest BCUT2D eigenvalue weighted by Gasteiger charge is 1.99. The van der Waals surface area contributed by atoms with Crippen LogP contribution in [0, 0.1) is 0 Å². The van der Waals surface area contributed by atoms with Crippen LogP contribution in [0.4, 0.5) is 0 Å². The first-order valence-corrected chi connectivity index (χ1v) is 17.7. The number of rotatable bonds is 36. The molecule has 0 bridgehead atoms. The molecule has 0 saturated carbocycles. The second-order valence-electron chi connectivity index (χ2n) is 10.8. The molecule has 1 rings (SSSR count). The van der Waals surface area contributed by atoms with E-state index in [-0.39, 0.29) is 0 Å². The third-order valence-electron chi connectivity index (χ3n) is 6.89. The molecule has 0 fully saturated rings. The number of ether oxygens (including phenoxy) is 8. The van der Waals surface area contributed by atoms with Crippen LogP contribution in [0.2, 0.25) is 0 Å². The van der Waals surface area contributed by atoms with E-state index >= 15 is 0 Å². The maximum Gasteiger partial charge on any atom is 0.119 e. The van der Waals surface area contributed by atoms with Gasteiger partial charge >= 0.3 is 0 Å². The molecule has 9 heteroatoms. The molecule has 1 aromatic carbocycles. The number of unbranched alkanes of at least 4 members (excludes halogenated alkanes) is 9. The van der Waals surface area contributed by atoms with E-state index in [1.54, 1.807) is 0 Å². The maximum absolute atomic E-state index is 5.78. The fourth-order valence-corrected chi connectivity index (χ4v) is 4.52. The van der Waals surface area contributed by atoms with Gasteiger partial charge in [0, 0.05) is 12.5 Å². The highest BCUT2D eigenvalue weighted by molar-refractivity contribution is 6.17. The van der Waals surface area contributed by atoms with Gasteiger partial charge in [0.1, 0.15) is 12.4 Å². The van der Waals surface area contributed by atoms with E-state index < -0.39 is 0 Å². The molecule has 44 heavy (non-hydrogen) atoms. The summed E-state index contributed by atoms with van der Waals surface area (Å²) in [4.78, 5) is 0. The lowest BCUT2D eigenvalue weighted by Gasteiger charge is -2.09. The van der Waals surface area contributed by atoms with Gasteiger partial charge in [0.25, 0.3) is 0 Å². The first-order valence-electron chi connectivity index (χ1n) is 17.2. The van der Waals surface area contributed by atoms with Crippen molar-refractivity contribution in [3.8, 4) is 5.75 Å². The highest BCUT2D eigenvalue weighted by Crippen LogP contribution is 2.15. The van der Waals surface area contributed by atoms with Crippen LogP contribution >= 0.6 is 11.6 Å². The number of halogens is 1. The summed E-state index contributed by atoms with van der Waals surface area (Å²) in [6, 6.07) is 8.47. The van der Waals surface area contributed by atoms with E-state index in [0.29, 0.717) is 92.5 Å². The van der Waals surface area contributed by atoms with Gasteiger partial charge in [0.05, 0.1) is 85.9 Å². The molecule has 0 N–H and O–H groups in total. The van der Waals surface area contributed by atoms with Crippen LogP contribution in [0.1, 0.15) is 83.1 Å². The predicted octanol–water partition coefficient (Wildman–Crippen LogP) is 7.27. The third kappa shape index (κ3) is 29.7. The number of benzene rings is 1. The second kappa shape index (κ2) is 34.9. The van der Waals surface area contributed by atoms with Crippen molar-refractivity contribution in [2.24, 2.45) is 0 Å². The van der Waals surface area contributed by atoms with E-state index in [2.05, 4.69) is 31.2 Å². The van der Waals surface area contributed by atoms with Gasteiger partial charge in [-0.1, -0.05) is 70.4 Å². The smallest absolute Gasteiger partial charge is 0.119 e. The van der Waals surface area contributed by atoms with Gasteiger partial charge in [-0.2, -0.15) is 0 Å². The SMILES string of the molecule is CCCCCCCCCc1ccc(OCCOCCOCCOCCOCCOCCOCCOCCCCCCCl)cc1. The van der Waals surface area contributed by atoms with Gasteiger partial charge in [0.15, 0.2) is 0 Å². The zero-order valence-electron chi connectivity index (χ0n) is 27.8. The maximum atomic E-state index is 5.78. The van der Waals surface area contributed by atoms with Gasteiger partial charge in [0.2, 0.25) is 0 Å². The summed E-state index contributed by atoms with van der Waals surface area (Å²) >= 11 is 5.66. The molecule has 0 aliphatic carbocycles. The largest absolute Gasteiger partial charge is 0.491 e. The molecule has 0 aliphatic rings. The Bertz CT molecular complexity index is 679. The first kappa shape index (κ1) is 41.1. The molecule has 0 radical (unpaired) electrons. The zero-order valence-corrected chi connectivity index (χ0v) is 28.5. The molecule has 0 amide bonds. The molecule has 0 unspecified atom stereocenters. The Hall–Kier alpha value is -0.970. The van der Waals surface area contributed by atoms with E-state index in [1.165, 1.54) is 63.4 Å². The first-order chi connectivity index (χ1) is 21.9. The van der Waals surface area contributed by atoms with Crippen molar-refractivity contribution in [2.45, 2.75) is 84.0 Å². The monoisotopic (exact) mass is 646 g/mol. The van der Waals surface area contributed by atoms with Crippen LogP contribution in [0.3, 0.4) is 0 Å². The molecular formula is C35H63ClO8. The molecular weight excluding hydrogens is 584 g/mol. The number of hydrogen-bond donors (Lipinski definition) is 0. The highest BCUT2D eigenvalue weighted by atomic mass is 35.5. The van der Waals surface area contributed by atoms with Crippen LogP contribution in [-0.2, 0) is 39.6 Å². The second-order valence-corrected chi connectivity index (χ2v) is 11.1. The minimum atomic E-state index is 0.533. The Kier molecular flexibility index (Phi) is 32.6. The third-order valence-corrected chi connectivity index (χ3v) is 7.16. The summed E-state index contributed by atoms with van der Waals surface area (Å²) in [7, 11) is 0. The molecule has 0 heterocycles. The van der Waals surface area contributed by atoms with Crippen molar-refractivity contribution in [3.63, 3.8) is 0 Å². The normalized spacial score (nSPS) is 11.4. The van der Waals surface area contributed by atoms with Gasteiger partial charge in [-0.3, -0.25) is 0 Å². The molecule has 0 aliphatic heterocycles. The lowest BCUT2D eigenvalue weighted by molar-refractivity contribution is -0.0213. The molecule has 0 spiro atoms. The average Bonchev–Trinajstić information content (AvgIpc) is 3.04. The minimum Gasteiger partial charge on any atom is -0.491 e. The topological polar surface area (TPSA) is 73.8 Å². The average molecular weight is 647 g/mol. The van der Waals surface area contributed by atoms with Crippen molar-refractivity contribution in [1.29, 1.82) is 0 Å². The van der Waals surface area contributed by atoms with Gasteiger partial charge in [-0.15, -0.1) is 11.6 Å². The van der Waals surface area contributed by atoms with Gasteiger partial charge in [-0.25, -0.2) is 0 Å². The Morgan fingerprint density at radius 1 is 0.409 bits per heavy atom. The van der Waals surface area contributed by atoms with Crippen molar-refractivity contribution in [2.75, 3.05) is 105 Å². The van der Waals surface area contributed by atoms with Crippen LogP contribution in [0.25, 0.3) is 0 Å². The predicted molar refractivity (Wildman–Crippen MR) is 179 cm³/mol. The summed E-state index contributed by atoms with van der Waals surface area (Å²) in [6.07, 6.45) is 15.1. The number of hydrogen-bond acceptors (Lipinski definition) is 8. The van der Waals surface area contributed by atoms with Gasteiger partial charge < -0.3 is 37.9 Å². The molecule has 0 saturated heterocycles. The van der Waals surface area contributed by atoms with Crippen molar-refractivity contribution < 1.29 is 37.9 Å². The summed E-state index contributed by atoms with van der Waals surface area (Å²) < 4.78 is 44.4. The van der Waals surface area contributed by atoms with E-state index in [9.17, 15) is 0 Å². The summed E-state index contributed by atoms with van der Waals surface area (Å²) in [5.74, 6) is 1.64. The number of aryl methyl sites for hydroxylation is 1. The summed E-state index contributed by atoms with van der Waals surface area (Å²) in [5, 5.41) is 0. The standard InChI is InChI=1S/C35H63ClO8/c1-2-3-4-5-6-7-10-13-34-14-16-35(17-15-34)44-33-32-43-31-30-42-29-28-41-27-26-40-25-24-39-23-22-38-21-20-37-19-12-9-8-11-18-36/h14-17H,2-13,18-33H2,1H3. The van der Waals surface area contributed by atoms with Crippen molar-refractivity contribution >= 4 is 11.6 Å². The molecule has 0 aromatic heterocycles. The molecule has 258 valence electrons. The van der Waals surface area contributed by atoms with Crippen LogP contribution in [0.15, 0.2) is 24.3 Å². The minimum absolute atomic E-state index is 0.533. The Morgan fingerprint density at radius 2 is 0.795 bits per heavy atom. The fourth-order valence-electron chi connectivity index (χ4n) is 4.33. The van der Waals surface area contributed by atoms with E-state index in [1.807, 2.05) is 0 Å². The van der Waals surface area contributed by atoms with Crippen LogP contribution in [-0.4, -0.2) is 105 Å². The quantitative estimate of drug-likeness (QED) is 0.0557. The Balaban J connectivity index is 1.73. The summed E-state index contributed by atoms with van der Waals surface area (Å²) in [6.45, 7) is 10.8. The fraction of sp³-hybridized carbons (Fsp3) is 0.829. The zero-order chi connectivity index (χ0) is 31.4. The summed E-state index contributed by atoms with van der Waals surface area (Å²) in [5.41, 5.74) is 1.39. The van der Waals surface area contributed by atoms with Crippen LogP contribution < -0.4 is 4.74 Å². The number of alkyl halides is 1. The Labute approximate surface area is 273 Å². The van der Waals surface area contributed by atoms with Gasteiger partial charge in [-0.05, 0) is 43.4 Å². The molecule has 1 aromatic rings. The van der Waals surface area contributed by atoms with E-state index in [0.717, 1.165) is 37.5 Å². The van der Waals surface area contributed by atoms with Crippen LogP contribution in [0.5, 0.6) is 5.75 Å². The lowest BCUT2D eigenvalue weighted by atomic mass is 10.0. The lowest BCUT2D eigenvalue weighted by Crippen LogP contribution is -2.15. The van der Waals surface area contributed by atoms with Crippen molar-refractivity contribution in [1.82, 2.24) is 0 Å². The van der Waals surface area contributed by atoms with Crippen molar-refractivity contribution in [3.05, 3.63) is 29.8 Å².